The Morgan fingerprint density at radius 3 is 2.54 bits per heavy atom. The largest absolute Gasteiger partial charge is 0.369 e. The van der Waals surface area contributed by atoms with Crippen molar-refractivity contribution in [1.82, 2.24) is 0 Å². The molecule has 1 aromatic rings. The summed E-state index contributed by atoms with van der Waals surface area (Å²) >= 11 is 6.18. The highest BCUT2D eigenvalue weighted by Crippen LogP contribution is 2.36. The Morgan fingerprint density at radius 1 is 1.31 bits per heavy atom. The normalized spacial score (nSPS) is 33.5. The molecule has 1 nitrogen and oxygen atoms in total. The molecule has 2 rings (SSSR count). The van der Waals surface area contributed by atoms with Crippen LogP contribution in [0.1, 0.15) is 25.0 Å². The van der Waals surface area contributed by atoms with Crippen LogP contribution in [0.2, 0.25) is 0 Å². The van der Waals surface area contributed by atoms with Crippen LogP contribution in [0.5, 0.6) is 0 Å². The first kappa shape index (κ1) is 9.04. The van der Waals surface area contributed by atoms with E-state index in [9.17, 15) is 0 Å². The maximum absolute atomic E-state index is 6.18. The minimum Gasteiger partial charge on any atom is -0.369 e. The third kappa shape index (κ3) is 1.87. The molecule has 1 aliphatic heterocycles. The third-order valence-electron chi connectivity index (χ3n) is 2.39. The maximum Gasteiger partial charge on any atom is 0.0992 e. The number of hydrogen-bond acceptors (Lipinski definition) is 1. The Balaban J connectivity index is 2.18. The van der Waals surface area contributed by atoms with E-state index in [-0.39, 0.29) is 17.6 Å². The lowest BCUT2D eigenvalue weighted by Gasteiger charge is -2.13. The second-order valence-electron chi connectivity index (χ2n) is 3.53. The fourth-order valence-electron chi connectivity index (χ4n) is 1.76. The molecule has 1 aliphatic rings. The molecule has 13 heavy (non-hydrogen) atoms. The summed E-state index contributed by atoms with van der Waals surface area (Å²) in [5.41, 5.74) is 1.19. The summed E-state index contributed by atoms with van der Waals surface area (Å²) in [6.45, 7) is 2.07. The first-order valence-electron chi connectivity index (χ1n) is 4.62. The van der Waals surface area contributed by atoms with Crippen LogP contribution in [0.4, 0.5) is 0 Å². The monoisotopic (exact) mass is 196 g/mol. The predicted octanol–water partition coefficient (Wildman–Crippen LogP) is 3.14. The van der Waals surface area contributed by atoms with Crippen molar-refractivity contribution in [3.8, 4) is 0 Å². The molecule has 0 aromatic heterocycles. The zero-order chi connectivity index (χ0) is 9.26. The fourth-order valence-corrected chi connectivity index (χ4v) is 2.22. The minimum atomic E-state index is 0.0814. The zero-order valence-electron chi connectivity index (χ0n) is 7.61. The number of benzene rings is 1. The van der Waals surface area contributed by atoms with Crippen LogP contribution in [0.25, 0.3) is 0 Å². The average molecular weight is 197 g/mol. The van der Waals surface area contributed by atoms with Gasteiger partial charge in [0.1, 0.15) is 0 Å². The van der Waals surface area contributed by atoms with E-state index in [1.54, 1.807) is 0 Å². The highest BCUT2D eigenvalue weighted by atomic mass is 35.5. The molecule has 1 fully saturated rings. The highest BCUT2D eigenvalue weighted by Gasteiger charge is 2.32. The van der Waals surface area contributed by atoms with Gasteiger partial charge in [-0.25, -0.2) is 0 Å². The van der Waals surface area contributed by atoms with Crippen LogP contribution in [0, 0.1) is 0 Å². The first-order chi connectivity index (χ1) is 6.27. The Bertz CT molecular complexity index is 273. The minimum absolute atomic E-state index is 0.0814. The third-order valence-corrected chi connectivity index (χ3v) is 2.80. The number of rotatable bonds is 1. The molecule has 2 heteroatoms. The van der Waals surface area contributed by atoms with Crippen LogP contribution < -0.4 is 0 Å². The van der Waals surface area contributed by atoms with Gasteiger partial charge in [0.05, 0.1) is 17.6 Å². The van der Waals surface area contributed by atoms with E-state index >= 15 is 0 Å². The Kier molecular flexibility index (Phi) is 2.56. The molecule has 3 atom stereocenters. The lowest BCUT2D eigenvalue weighted by molar-refractivity contribution is 0.0563. The summed E-state index contributed by atoms with van der Waals surface area (Å²) in [6.07, 6.45) is 1.31. The van der Waals surface area contributed by atoms with Crippen LogP contribution in [-0.2, 0) is 4.74 Å². The predicted molar refractivity (Wildman–Crippen MR) is 54.0 cm³/mol. The van der Waals surface area contributed by atoms with Crippen molar-refractivity contribution in [2.24, 2.45) is 0 Å². The van der Waals surface area contributed by atoms with Crippen molar-refractivity contribution >= 4 is 11.6 Å². The topological polar surface area (TPSA) is 9.23 Å². The molecule has 1 aromatic carbocycles. The van der Waals surface area contributed by atoms with Gasteiger partial charge in [0.25, 0.3) is 0 Å². The van der Waals surface area contributed by atoms with Crippen molar-refractivity contribution < 1.29 is 4.74 Å². The van der Waals surface area contributed by atoms with Gasteiger partial charge in [-0.15, -0.1) is 11.6 Å². The zero-order valence-corrected chi connectivity index (χ0v) is 8.37. The Morgan fingerprint density at radius 2 is 2.00 bits per heavy atom. The Hall–Kier alpha value is -0.530. The van der Waals surface area contributed by atoms with Gasteiger partial charge >= 0.3 is 0 Å². The van der Waals surface area contributed by atoms with Gasteiger partial charge in [0.2, 0.25) is 0 Å². The SMILES string of the molecule is CC1C[C@@H](Cl)[C@H](c2ccccc2)O1. The van der Waals surface area contributed by atoms with Gasteiger partial charge < -0.3 is 4.74 Å². The molecule has 0 bridgehead atoms. The van der Waals surface area contributed by atoms with E-state index in [0.717, 1.165) is 6.42 Å². The van der Waals surface area contributed by atoms with Crippen LogP contribution >= 0.6 is 11.6 Å². The summed E-state index contributed by atoms with van der Waals surface area (Å²) in [7, 11) is 0. The van der Waals surface area contributed by atoms with Crippen molar-refractivity contribution in [2.75, 3.05) is 0 Å². The molecule has 0 saturated carbocycles. The van der Waals surface area contributed by atoms with Crippen LogP contribution in [0.3, 0.4) is 0 Å². The molecule has 70 valence electrons. The molecule has 0 N–H and O–H groups in total. The van der Waals surface area contributed by atoms with Crippen molar-refractivity contribution in [1.29, 1.82) is 0 Å². The summed E-state index contributed by atoms with van der Waals surface area (Å²) in [5.74, 6) is 0. The summed E-state index contributed by atoms with van der Waals surface area (Å²) in [6, 6.07) is 10.2. The Labute approximate surface area is 83.7 Å². The van der Waals surface area contributed by atoms with Crippen LogP contribution in [0.15, 0.2) is 30.3 Å². The molecule has 0 amide bonds. The average Bonchev–Trinajstić information content (AvgIpc) is 2.47. The lowest BCUT2D eigenvalue weighted by Crippen LogP contribution is -2.06. The second-order valence-corrected chi connectivity index (χ2v) is 4.09. The standard InChI is InChI=1S/C11H13ClO/c1-8-7-10(12)11(13-8)9-5-3-2-4-6-9/h2-6,8,10-11H,7H2,1H3/t8?,10-,11+/m1/s1. The van der Waals surface area contributed by atoms with E-state index < -0.39 is 0 Å². The maximum atomic E-state index is 6.18. The van der Waals surface area contributed by atoms with Gasteiger partial charge in [0.15, 0.2) is 0 Å². The quantitative estimate of drug-likeness (QED) is 0.627. The van der Waals surface area contributed by atoms with Gasteiger partial charge in [-0.3, -0.25) is 0 Å². The summed E-state index contributed by atoms with van der Waals surface area (Å²) in [5, 5.41) is 0.123. The van der Waals surface area contributed by atoms with Gasteiger partial charge in [0, 0.05) is 0 Å². The van der Waals surface area contributed by atoms with Crippen molar-refractivity contribution in [3.63, 3.8) is 0 Å². The van der Waals surface area contributed by atoms with E-state index in [0.29, 0.717) is 0 Å². The smallest absolute Gasteiger partial charge is 0.0992 e. The van der Waals surface area contributed by atoms with Crippen LogP contribution in [-0.4, -0.2) is 11.5 Å². The molecular weight excluding hydrogens is 184 g/mol. The molecule has 0 spiro atoms. The lowest BCUT2D eigenvalue weighted by atomic mass is 10.1. The number of ether oxygens (including phenoxy) is 1. The molecular formula is C11H13ClO. The molecule has 0 radical (unpaired) electrons. The fraction of sp³-hybridized carbons (Fsp3) is 0.455. The number of halogens is 1. The molecule has 0 aliphatic carbocycles. The van der Waals surface area contributed by atoms with Gasteiger partial charge in [-0.1, -0.05) is 30.3 Å². The first-order valence-corrected chi connectivity index (χ1v) is 5.05. The molecule has 1 unspecified atom stereocenters. The van der Waals surface area contributed by atoms with E-state index in [1.165, 1.54) is 5.56 Å². The number of alkyl halides is 1. The highest BCUT2D eigenvalue weighted by molar-refractivity contribution is 6.21. The van der Waals surface area contributed by atoms with Gasteiger partial charge in [-0.2, -0.15) is 0 Å². The summed E-state index contributed by atoms with van der Waals surface area (Å²) < 4.78 is 5.73. The second kappa shape index (κ2) is 3.69. The van der Waals surface area contributed by atoms with E-state index in [1.807, 2.05) is 18.2 Å². The molecule has 1 saturated heterocycles. The van der Waals surface area contributed by atoms with E-state index in [2.05, 4.69) is 19.1 Å². The van der Waals surface area contributed by atoms with Crippen molar-refractivity contribution in [3.05, 3.63) is 35.9 Å². The van der Waals surface area contributed by atoms with Crippen molar-refractivity contribution in [2.45, 2.75) is 30.9 Å². The summed E-state index contributed by atoms with van der Waals surface area (Å²) in [4.78, 5) is 0. The number of hydrogen-bond donors (Lipinski definition) is 0. The van der Waals surface area contributed by atoms with E-state index in [4.69, 9.17) is 16.3 Å². The van der Waals surface area contributed by atoms with Gasteiger partial charge in [-0.05, 0) is 18.9 Å². The molecule has 1 heterocycles.